The number of fused-ring (bicyclic) bond motifs is 2. The maximum Gasteiger partial charge on any atom is 0.255 e. The molecule has 0 bridgehead atoms. The normalized spacial score (nSPS) is 19.1. The van der Waals surface area contributed by atoms with Gasteiger partial charge in [0.25, 0.3) is 5.91 Å². The number of pyridine rings is 2. The Balaban J connectivity index is 1.44. The van der Waals surface area contributed by atoms with E-state index in [0.29, 0.717) is 24.0 Å². The molecule has 1 aliphatic heterocycles. The molecule has 1 fully saturated rings. The number of nitrogens with zero attached hydrogens (tertiary/aromatic N) is 4. The number of carbonyl (C=O) groups excluding carboxylic acids is 1. The molecule has 5 nitrogen and oxygen atoms in total. The Labute approximate surface area is 181 Å². The summed E-state index contributed by atoms with van der Waals surface area (Å²) in [5.41, 5.74) is 4.08. The van der Waals surface area contributed by atoms with E-state index in [-0.39, 0.29) is 5.91 Å². The van der Waals surface area contributed by atoms with Crippen molar-refractivity contribution < 1.29 is 4.79 Å². The monoisotopic (exact) mass is 420 g/mol. The molecule has 0 spiro atoms. The summed E-state index contributed by atoms with van der Waals surface area (Å²) in [5.74, 6) is 1.63. The van der Waals surface area contributed by atoms with Gasteiger partial charge in [-0.3, -0.25) is 9.78 Å². The van der Waals surface area contributed by atoms with Crippen molar-refractivity contribution in [1.29, 1.82) is 0 Å². The topological polar surface area (TPSA) is 49.3 Å². The summed E-state index contributed by atoms with van der Waals surface area (Å²) < 4.78 is 0. The van der Waals surface area contributed by atoms with Crippen molar-refractivity contribution >= 4 is 34.2 Å². The van der Waals surface area contributed by atoms with Gasteiger partial charge in [-0.1, -0.05) is 36.7 Å². The molecule has 1 aliphatic carbocycles. The van der Waals surface area contributed by atoms with E-state index in [1.165, 1.54) is 5.56 Å². The molecule has 1 unspecified atom stereocenters. The molecule has 154 valence electrons. The molecule has 0 saturated carbocycles. The number of aryl methyl sites for hydroxylation is 1. The Morgan fingerprint density at radius 3 is 2.67 bits per heavy atom. The number of amides is 1. The molecule has 5 rings (SSSR count). The third kappa shape index (κ3) is 3.52. The number of aromatic nitrogens is 2. The highest BCUT2D eigenvalue weighted by Crippen LogP contribution is 2.32. The van der Waals surface area contributed by atoms with Gasteiger partial charge in [-0.2, -0.15) is 0 Å². The summed E-state index contributed by atoms with van der Waals surface area (Å²) >= 11 is 5.96. The zero-order chi connectivity index (χ0) is 20.7. The van der Waals surface area contributed by atoms with Crippen LogP contribution in [0.2, 0.25) is 5.02 Å². The number of para-hydroxylation sites is 1. The van der Waals surface area contributed by atoms with E-state index < -0.39 is 0 Å². The fraction of sp³-hybridized carbons (Fsp3) is 0.375. The largest absolute Gasteiger partial charge is 0.353 e. The van der Waals surface area contributed by atoms with E-state index >= 15 is 0 Å². The van der Waals surface area contributed by atoms with Crippen LogP contribution in [-0.4, -0.2) is 47.0 Å². The fourth-order valence-electron chi connectivity index (χ4n) is 4.66. The van der Waals surface area contributed by atoms with E-state index in [2.05, 4.69) is 16.8 Å². The summed E-state index contributed by atoms with van der Waals surface area (Å²) in [7, 11) is 0. The van der Waals surface area contributed by atoms with Crippen molar-refractivity contribution in [3.8, 4) is 0 Å². The number of anilines is 1. The van der Waals surface area contributed by atoms with Crippen LogP contribution in [0.5, 0.6) is 0 Å². The highest BCUT2D eigenvalue weighted by Gasteiger charge is 2.29. The van der Waals surface area contributed by atoms with Gasteiger partial charge in [0.1, 0.15) is 5.82 Å². The lowest BCUT2D eigenvalue weighted by Crippen LogP contribution is -2.49. The number of hydrogen-bond donors (Lipinski definition) is 0. The molecule has 0 N–H and O–H groups in total. The Morgan fingerprint density at radius 2 is 1.90 bits per heavy atom. The molecule has 0 radical (unpaired) electrons. The number of rotatable bonds is 2. The van der Waals surface area contributed by atoms with Crippen LogP contribution < -0.4 is 4.90 Å². The molecule has 1 aromatic carbocycles. The Hall–Kier alpha value is -2.66. The number of hydrogen-bond acceptors (Lipinski definition) is 4. The van der Waals surface area contributed by atoms with Gasteiger partial charge in [0.05, 0.1) is 16.1 Å². The molecular formula is C24H25ClN4O. The standard InChI is InChI=1S/C24H25ClN4O/c1-16-6-8-21-19(14-16)23(18-4-2-3-5-20(18)27-21)24(30)29-12-10-28(11-13-29)22-9-7-17(25)15-26-22/h2-5,7,9,15-16H,6,8,10-14H2,1H3. The van der Waals surface area contributed by atoms with E-state index in [0.717, 1.165) is 60.3 Å². The van der Waals surface area contributed by atoms with Gasteiger partial charge in [-0.05, 0) is 48.9 Å². The number of benzene rings is 1. The Morgan fingerprint density at radius 1 is 1.10 bits per heavy atom. The first kappa shape index (κ1) is 19.3. The molecule has 3 aromatic rings. The molecular weight excluding hydrogens is 396 g/mol. The second-order valence-electron chi connectivity index (χ2n) is 8.39. The van der Waals surface area contributed by atoms with Gasteiger partial charge in [-0.25, -0.2) is 4.98 Å². The van der Waals surface area contributed by atoms with E-state index in [1.807, 2.05) is 41.3 Å². The van der Waals surface area contributed by atoms with E-state index in [4.69, 9.17) is 16.6 Å². The van der Waals surface area contributed by atoms with Gasteiger partial charge in [-0.15, -0.1) is 0 Å². The average molecular weight is 421 g/mol. The van der Waals surface area contributed by atoms with Crippen LogP contribution >= 0.6 is 11.6 Å². The van der Waals surface area contributed by atoms with Crippen LogP contribution in [0.15, 0.2) is 42.6 Å². The first-order chi connectivity index (χ1) is 14.6. The molecule has 2 aliphatic rings. The van der Waals surface area contributed by atoms with Crippen LogP contribution in [0.25, 0.3) is 10.9 Å². The van der Waals surface area contributed by atoms with Crippen LogP contribution in [0.1, 0.15) is 35.0 Å². The Bertz CT molecular complexity index is 1090. The Kier molecular flexibility index (Phi) is 5.07. The lowest BCUT2D eigenvalue weighted by atomic mass is 9.83. The fourth-order valence-corrected chi connectivity index (χ4v) is 4.77. The van der Waals surface area contributed by atoms with Gasteiger partial charge in [0.2, 0.25) is 0 Å². The molecule has 3 heterocycles. The molecule has 6 heteroatoms. The van der Waals surface area contributed by atoms with Gasteiger partial charge < -0.3 is 9.80 Å². The maximum atomic E-state index is 13.7. The summed E-state index contributed by atoms with van der Waals surface area (Å²) in [6.07, 6.45) is 4.70. The minimum absolute atomic E-state index is 0.141. The zero-order valence-corrected chi connectivity index (χ0v) is 17.9. The number of piperazine rings is 1. The maximum absolute atomic E-state index is 13.7. The average Bonchev–Trinajstić information content (AvgIpc) is 2.78. The quantitative estimate of drug-likeness (QED) is 0.617. The molecule has 1 amide bonds. The number of halogens is 1. The summed E-state index contributed by atoms with van der Waals surface area (Å²) in [5, 5.41) is 1.62. The van der Waals surface area contributed by atoms with E-state index in [1.54, 1.807) is 6.20 Å². The lowest BCUT2D eigenvalue weighted by Gasteiger charge is -2.36. The minimum Gasteiger partial charge on any atom is -0.353 e. The second-order valence-corrected chi connectivity index (χ2v) is 8.83. The predicted molar refractivity (Wildman–Crippen MR) is 120 cm³/mol. The van der Waals surface area contributed by atoms with Crippen molar-refractivity contribution in [3.63, 3.8) is 0 Å². The van der Waals surface area contributed by atoms with Crippen molar-refractivity contribution in [1.82, 2.24) is 14.9 Å². The van der Waals surface area contributed by atoms with Crippen LogP contribution in [-0.2, 0) is 12.8 Å². The highest BCUT2D eigenvalue weighted by atomic mass is 35.5. The SMILES string of the molecule is CC1CCc2nc3ccccc3c(C(=O)N3CCN(c4ccc(Cl)cn4)CC3)c2C1. The minimum atomic E-state index is 0.141. The van der Waals surface area contributed by atoms with Crippen molar-refractivity contribution in [2.45, 2.75) is 26.2 Å². The van der Waals surface area contributed by atoms with Crippen LogP contribution in [0.3, 0.4) is 0 Å². The summed E-state index contributed by atoms with van der Waals surface area (Å²) in [6, 6.07) is 11.9. The van der Waals surface area contributed by atoms with Gasteiger partial charge in [0, 0.05) is 43.5 Å². The third-order valence-electron chi connectivity index (χ3n) is 6.32. The summed E-state index contributed by atoms with van der Waals surface area (Å²) in [6.45, 7) is 5.17. The lowest BCUT2D eigenvalue weighted by molar-refractivity contribution is 0.0746. The predicted octanol–water partition coefficient (Wildman–Crippen LogP) is 4.37. The van der Waals surface area contributed by atoms with E-state index in [9.17, 15) is 4.79 Å². The van der Waals surface area contributed by atoms with Crippen molar-refractivity contribution in [3.05, 3.63) is 64.4 Å². The zero-order valence-electron chi connectivity index (χ0n) is 17.1. The third-order valence-corrected chi connectivity index (χ3v) is 6.55. The van der Waals surface area contributed by atoms with Crippen LogP contribution in [0.4, 0.5) is 5.82 Å². The van der Waals surface area contributed by atoms with Crippen molar-refractivity contribution in [2.75, 3.05) is 31.1 Å². The number of carbonyl (C=O) groups is 1. The molecule has 1 atom stereocenters. The molecule has 30 heavy (non-hydrogen) atoms. The first-order valence-corrected chi connectivity index (χ1v) is 11.0. The second kappa shape index (κ2) is 7.88. The first-order valence-electron chi connectivity index (χ1n) is 10.7. The van der Waals surface area contributed by atoms with Gasteiger partial charge >= 0.3 is 0 Å². The van der Waals surface area contributed by atoms with Gasteiger partial charge in [0.15, 0.2) is 0 Å². The smallest absolute Gasteiger partial charge is 0.255 e. The molecule has 1 saturated heterocycles. The highest BCUT2D eigenvalue weighted by molar-refractivity contribution is 6.30. The van der Waals surface area contributed by atoms with Crippen molar-refractivity contribution in [2.24, 2.45) is 5.92 Å². The molecule has 2 aromatic heterocycles. The summed E-state index contributed by atoms with van der Waals surface area (Å²) in [4.78, 5) is 27.2. The van der Waals surface area contributed by atoms with Crippen LogP contribution in [0, 0.1) is 5.92 Å².